The average Bonchev–Trinajstić information content (AvgIpc) is 3.38. The fraction of sp³-hybridized carbons (Fsp3) is 0.207. The molecule has 1 aliphatic rings. The van der Waals surface area contributed by atoms with Gasteiger partial charge in [0.05, 0.1) is 32.6 Å². The highest BCUT2D eigenvalue weighted by atomic mass is 35.5. The van der Waals surface area contributed by atoms with E-state index >= 15 is 0 Å². The number of hydrogen-bond donors (Lipinski definition) is 2. The minimum absolute atomic E-state index is 0.323. The van der Waals surface area contributed by atoms with Crippen LogP contribution in [0, 0.1) is 0 Å². The Bertz CT molecular complexity index is 1590. The Morgan fingerprint density at radius 2 is 1.73 bits per heavy atom. The zero-order valence-corrected chi connectivity index (χ0v) is 24.0. The molecule has 11 heteroatoms. The SMILES string of the molecule is COc1ccccc1NC(=O)C1=C(C)Nc2nc(SCc3ccccc3Cl)nn2[C@@H]1c1cccc(OC)c1OC. The molecular weight excluding hydrogens is 550 g/mol. The number of fused-ring (bicyclic) bond motifs is 1. The van der Waals surface area contributed by atoms with Gasteiger partial charge < -0.3 is 24.8 Å². The Morgan fingerprint density at radius 1 is 1.00 bits per heavy atom. The van der Waals surface area contributed by atoms with E-state index in [2.05, 4.69) is 10.6 Å². The van der Waals surface area contributed by atoms with Crippen molar-refractivity contribution in [2.45, 2.75) is 23.9 Å². The number of halogens is 1. The quantitative estimate of drug-likeness (QED) is 0.228. The Balaban J connectivity index is 1.57. The normalized spacial score (nSPS) is 14.3. The molecule has 0 fully saturated rings. The van der Waals surface area contributed by atoms with Gasteiger partial charge in [-0.3, -0.25) is 4.79 Å². The molecule has 0 bridgehead atoms. The molecule has 0 saturated carbocycles. The van der Waals surface area contributed by atoms with Crippen LogP contribution in [-0.4, -0.2) is 42.0 Å². The van der Waals surface area contributed by atoms with Crippen LogP contribution in [0.3, 0.4) is 0 Å². The molecule has 206 valence electrons. The molecule has 5 rings (SSSR count). The van der Waals surface area contributed by atoms with Gasteiger partial charge in [0.1, 0.15) is 11.8 Å². The number of nitrogens with zero attached hydrogens (tertiary/aromatic N) is 3. The van der Waals surface area contributed by atoms with Crippen molar-refractivity contribution in [1.29, 1.82) is 0 Å². The van der Waals surface area contributed by atoms with Crippen LogP contribution in [-0.2, 0) is 10.5 Å². The van der Waals surface area contributed by atoms with E-state index in [-0.39, 0.29) is 5.91 Å². The Morgan fingerprint density at radius 3 is 2.48 bits per heavy atom. The van der Waals surface area contributed by atoms with Crippen molar-refractivity contribution < 1.29 is 19.0 Å². The minimum Gasteiger partial charge on any atom is -0.495 e. The van der Waals surface area contributed by atoms with Gasteiger partial charge in [-0.2, -0.15) is 4.98 Å². The van der Waals surface area contributed by atoms with Crippen molar-refractivity contribution in [3.05, 3.63) is 94.1 Å². The molecule has 0 saturated heterocycles. The molecule has 4 aromatic rings. The lowest BCUT2D eigenvalue weighted by atomic mass is 9.94. The first-order chi connectivity index (χ1) is 19.4. The number of para-hydroxylation sites is 3. The van der Waals surface area contributed by atoms with Gasteiger partial charge in [0, 0.05) is 22.0 Å². The number of rotatable bonds is 9. The molecular formula is C29H28ClN5O4S. The number of aromatic nitrogens is 3. The highest BCUT2D eigenvalue weighted by molar-refractivity contribution is 7.98. The first kappa shape index (κ1) is 27.4. The summed E-state index contributed by atoms with van der Waals surface area (Å²) in [5.74, 6) is 2.35. The van der Waals surface area contributed by atoms with Gasteiger partial charge in [0.2, 0.25) is 11.1 Å². The summed E-state index contributed by atoms with van der Waals surface area (Å²) in [7, 11) is 4.70. The Hall–Kier alpha value is -4.15. The lowest BCUT2D eigenvalue weighted by molar-refractivity contribution is -0.113. The van der Waals surface area contributed by atoms with Gasteiger partial charge in [-0.25, -0.2) is 4.68 Å². The minimum atomic E-state index is -0.668. The van der Waals surface area contributed by atoms with Crippen LogP contribution in [0.1, 0.15) is 24.1 Å². The Labute approximate surface area is 241 Å². The highest BCUT2D eigenvalue weighted by Gasteiger charge is 2.37. The van der Waals surface area contributed by atoms with Crippen LogP contribution in [0.5, 0.6) is 17.2 Å². The lowest BCUT2D eigenvalue weighted by Crippen LogP contribution is -2.32. The molecule has 2 N–H and O–H groups in total. The Kier molecular flexibility index (Phi) is 8.18. The molecule has 0 unspecified atom stereocenters. The fourth-order valence-corrected chi connectivity index (χ4v) is 5.71. The lowest BCUT2D eigenvalue weighted by Gasteiger charge is -2.30. The third-order valence-corrected chi connectivity index (χ3v) is 7.73. The van der Waals surface area contributed by atoms with Gasteiger partial charge in [0.15, 0.2) is 11.5 Å². The molecule has 9 nitrogen and oxygen atoms in total. The number of ether oxygens (including phenoxy) is 3. The summed E-state index contributed by atoms with van der Waals surface area (Å²) in [6.45, 7) is 1.84. The second kappa shape index (κ2) is 11.9. The van der Waals surface area contributed by atoms with Crippen LogP contribution in [0.15, 0.2) is 83.2 Å². The number of anilines is 2. The summed E-state index contributed by atoms with van der Waals surface area (Å²) in [5, 5.41) is 12.3. The van der Waals surface area contributed by atoms with Crippen LogP contribution < -0.4 is 24.8 Å². The van der Waals surface area contributed by atoms with Crippen molar-refractivity contribution in [3.8, 4) is 17.2 Å². The molecule has 0 radical (unpaired) electrons. The average molecular weight is 578 g/mol. The number of hydrogen-bond acceptors (Lipinski definition) is 8. The molecule has 1 atom stereocenters. The van der Waals surface area contributed by atoms with Gasteiger partial charge in [0.25, 0.3) is 5.91 Å². The smallest absolute Gasteiger partial charge is 0.255 e. The van der Waals surface area contributed by atoms with E-state index < -0.39 is 6.04 Å². The molecule has 1 aliphatic heterocycles. The fourth-order valence-electron chi connectivity index (χ4n) is 4.60. The van der Waals surface area contributed by atoms with Gasteiger partial charge >= 0.3 is 0 Å². The molecule has 2 heterocycles. The number of nitrogens with one attached hydrogen (secondary N) is 2. The number of amides is 1. The largest absolute Gasteiger partial charge is 0.495 e. The van der Waals surface area contributed by atoms with Gasteiger partial charge in [-0.05, 0) is 36.8 Å². The summed E-state index contributed by atoms with van der Waals surface area (Å²) in [4.78, 5) is 18.7. The molecule has 0 spiro atoms. The van der Waals surface area contributed by atoms with Crippen LogP contribution in [0.25, 0.3) is 0 Å². The number of benzene rings is 3. The standard InChI is InChI=1S/C29H28ClN5O4S/c1-17-24(27(36)32-21-13-7-8-14-22(21)37-2)25(19-11-9-15-23(38-3)26(19)39-4)35-28(31-17)33-29(34-35)40-16-18-10-5-6-12-20(18)30/h5-15,25H,16H2,1-4H3,(H,32,36)(H,31,33,34)/t25-/m1/s1. The number of methoxy groups -OCH3 is 3. The maximum Gasteiger partial charge on any atom is 0.255 e. The first-order valence-electron chi connectivity index (χ1n) is 12.4. The number of allylic oxidation sites excluding steroid dienone is 1. The maximum atomic E-state index is 13.9. The molecule has 40 heavy (non-hydrogen) atoms. The molecule has 1 amide bonds. The van der Waals surface area contributed by atoms with E-state index in [9.17, 15) is 4.79 Å². The summed E-state index contributed by atoms with van der Waals surface area (Å²) < 4.78 is 18.5. The maximum absolute atomic E-state index is 13.9. The van der Waals surface area contributed by atoms with Gasteiger partial charge in [-0.1, -0.05) is 65.8 Å². The van der Waals surface area contributed by atoms with Crippen LogP contribution in [0.2, 0.25) is 5.02 Å². The van der Waals surface area contributed by atoms with Crippen LogP contribution >= 0.6 is 23.4 Å². The first-order valence-corrected chi connectivity index (χ1v) is 13.8. The van der Waals surface area contributed by atoms with E-state index in [1.807, 2.05) is 61.5 Å². The van der Waals surface area contributed by atoms with Crippen molar-refractivity contribution >= 4 is 40.9 Å². The van der Waals surface area contributed by atoms with E-state index in [1.54, 1.807) is 38.1 Å². The summed E-state index contributed by atoms with van der Waals surface area (Å²) in [5.41, 5.74) is 3.29. The zero-order valence-electron chi connectivity index (χ0n) is 22.4. The second-order valence-corrected chi connectivity index (χ2v) is 10.2. The molecule has 0 aliphatic carbocycles. The van der Waals surface area contributed by atoms with Crippen LogP contribution in [0.4, 0.5) is 11.6 Å². The zero-order chi connectivity index (χ0) is 28.2. The summed E-state index contributed by atoms with van der Waals surface area (Å²) in [6, 6.07) is 19.8. The third-order valence-electron chi connectivity index (χ3n) is 6.48. The third kappa shape index (κ3) is 5.32. The summed E-state index contributed by atoms with van der Waals surface area (Å²) in [6.07, 6.45) is 0. The number of carbonyl (C=O) groups is 1. The van der Waals surface area contributed by atoms with E-state index in [0.29, 0.717) is 61.6 Å². The van der Waals surface area contributed by atoms with E-state index in [0.717, 1.165) is 5.56 Å². The highest BCUT2D eigenvalue weighted by Crippen LogP contribution is 2.43. The number of carbonyl (C=O) groups excluding carboxylic acids is 1. The predicted molar refractivity (Wildman–Crippen MR) is 157 cm³/mol. The second-order valence-electron chi connectivity index (χ2n) is 8.85. The van der Waals surface area contributed by atoms with E-state index in [1.165, 1.54) is 11.8 Å². The van der Waals surface area contributed by atoms with Crippen molar-refractivity contribution in [1.82, 2.24) is 14.8 Å². The number of thioether (sulfide) groups is 1. The molecule has 3 aromatic carbocycles. The van der Waals surface area contributed by atoms with Crippen molar-refractivity contribution in [2.24, 2.45) is 0 Å². The topological polar surface area (TPSA) is 99.5 Å². The van der Waals surface area contributed by atoms with Gasteiger partial charge in [-0.15, -0.1) is 5.10 Å². The van der Waals surface area contributed by atoms with Crippen molar-refractivity contribution in [3.63, 3.8) is 0 Å². The van der Waals surface area contributed by atoms with E-state index in [4.69, 9.17) is 35.9 Å². The van der Waals surface area contributed by atoms with Crippen molar-refractivity contribution in [2.75, 3.05) is 32.0 Å². The predicted octanol–water partition coefficient (Wildman–Crippen LogP) is 6.18. The summed E-state index contributed by atoms with van der Waals surface area (Å²) >= 11 is 7.82. The molecule has 1 aromatic heterocycles. The monoisotopic (exact) mass is 577 g/mol.